The Morgan fingerprint density at radius 3 is 2.37 bits per heavy atom. The third-order valence-corrected chi connectivity index (χ3v) is 3.92. The molecule has 0 bridgehead atoms. The number of hydrogen-bond acceptors (Lipinski definition) is 4. The number of para-hydroxylation sites is 3. The van der Waals surface area contributed by atoms with Crippen LogP contribution < -0.4 is 9.46 Å². The van der Waals surface area contributed by atoms with Crippen LogP contribution in [-0.2, 0) is 10.0 Å². The lowest BCUT2D eigenvalue weighted by molar-refractivity contribution is 0.417. The zero-order chi connectivity index (χ0) is 13.9. The van der Waals surface area contributed by atoms with Gasteiger partial charge in [0.25, 0.3) is 10.0 Å². The highest BCUT2D eigenvalue weighted by molar-refractivity contribution is 7.92. The summed E-state index contributed by atoms with van der Waals surface area (Å²) in [6, 6.07) is 12.4. The Kier molecular flexibility index (Phi) is 3.62. The molecule has 0 aliphatic carbocycles. The minimum absolute atomic E-state index is 0.180. The van der Waals surface area contributed by atoms with Gasteiger partial charge in [-0.2, -0.15) is 0 Å². The first-order chi connectivity index (χ1) is 9.04. The van der Waals surface area contributed by atoms with E-state index in [1.807, 2.05) is 0 Å². The molecule has 19 heavy (non-hydrogen) atoms. The van der Waals surface area contributed by atoms with Crippen molar-refractivity contribution in [1.29, 1.82) is 0 Å². The molecular formula is C13H13NO4S. The Labute approximate surface area is 111 Å². The van der Waals surface area contributed by atoms with Gasteiger partial charge in [-0.05, 0) is 24.3 Å². The highest BCUT2D eigenvalue weighted by Crippen LogP contribution is 2.28. The summed E-state index contributed by atoms with van der Waals surface area (Å²) in [7, 11) is -2.41. The SMILES string of the molecule is COc1ccccc1NS(=O)(=O)c1ccccc1O. The smallest absolute Gasteiger partial charge is 0.265 e. The van der Waals surface area contributed by atoms with Gasteiger partial charge in [-0.1, -0.05) is 24.3 Å². The molecule has 0 amide bonds. The number of phenols is 1. The molecule has 0 fully saturated rings. The highest BCUT2D eigenvalue weighted by Gasteiger charge is 2.19. The molecule has 0 atom stereocenters. The molecule has 2 N–H and O–H groups in total. The van der Waals surface area contributed by atoms with E-state index in [-0.39, 0.29) is 10.6 Å². The summed E-state index contributed by atoms with van der Waals surface area (Å²) in [5.41, 5.74) is 0.313. The summed E-state index contributed by atoms with van der Waals surface area (Å²) in [5.74, 6) is 0.103. The number of nitrogens with one attached hydrogen (secondary N) is 1. The lowest BCUT2D eigenvalue weighted by Gasteiger charge is -2.12. The van der Waals surface area contributed by atoms with Crippen molar-refractivity contribution in [3.05, 3.63) is 48.5 Å². The molecule has 0 heterocycles. The van der Waals surface area contributed by atoms with Crippen LogP contribution in [0.3, 0.4) is 0 Å². The topological polar surface area (TPSA) is 75.6 Å². The molecule has 2 aromatic carbocycles. The normalized spacial score (nSPS) is 11.0. The van der Waals surface area contributed by atoms with Crippen LogP contribution in [0.25, 0.3) is 0 Å². The van der Waals surface area contributed by atoms with Crippen molar-refractivity contribution in [3.63, 3.8) is 0 Å². The van der Waals surface area contributed by atoms with Gasteiger partial charge < -0.3 is 9.84 Å². The van der Waals surface area contributed by atoms with E-state index in [1.54, 1.807) is 30.3 Å². The number of methoxy groups -OCH3 is 1. The molecule has 0 aromatic heterocycles. The second-order valence-corrected chi connectivity index (χ2v) is 5.42. The van der Waals surface area contributed by atoms with Gasteiger partial charge in [-0.3, -0.25) is 4.72 Å². The number of rotatable bonds is 4. The van der Waals surface area contributed by atoms with Gasteiger partial charge in [-0.15, -0.1) is 0 Å². The van der Waals surface area contributed by atoms with Crippen LogP contribution in [-0.4, -0.2) is 20.6 Å². The van der Waals surface area contributed by atoms with Crippen molar-refractivity contribution in [1.82, 2.24) is 0 Å². The fourth-order valence-electron chi connectivity index (χ4n) is 1.61. The van der Waals surface area contributed by atoms with Crippen molar-refractivity contribution in [2.45, 2.75) is 4.90 Å². The second kappa shape index (κ2) is 5.19. The van der Waals surface area contributed by atoms with Gasteiger partial charge in [0.2, 0.25) is 0 Å². The predicted octanol–water partition coefficient (Wildman–Crippen LogP) is 2.20. The zero-order valence-electron chi connectivity index (χ0n) is 10.2. The Bertz CT molecular complexity index is 683. The Morgan fingerprint density at radius 2 is 1.68 bits per heavy atom. The first-order valence-corrected chi connectivity index (χ1v) is 6.97. The molecule has 0 unspecified atom stereocenters. The number of hydrogen-bond donors (Lipinski definition) is 2. The third-order valence-electron chi connectivity index (χ3n) is 2.51. The van der Waals surface area contributed by atoms with Gasteiger partial charge in [0, 0.05) is 0 Å². The van der Waals surface area contributed by atoms with Crippen LogP contribution in [0, 0.1) is 0 Å². The zero-order valence-corrected chi connectivity index (χ0v) is 11.0. The van der Waals surface area contributed by atoms with E-state index in [0.717, 1.165) is 0 Å². The maximum absolute atomic E-state index is 12.2. The van der Waals surface area contributed by atoms with Crippen LogP contribution >= 0.6 is 0 Å². The first kappa shape index (κ1) is 13.2. The predicted molar refractivity (Wildman–Crippen MR) is 71.9 cm³/mol. The van der Waals surface area contributed by atoms with Crippen LogP contribution in [0.2, 0.25) is 0 Å². The fourth-order valence-corrected chi connectivity index (χ4v) is 2.78. The molecule has 0 aliphatic heterocycles. The van der Waals surface area contributed by atoms with Crippen molar-refractivity contribution in [2.75, 3.05) is 11.8 Å². The van der Waals surface area contributed by atoms with Gasteiger partial charge >= 0.3 is 0 Å². The van der Waals surface area contributed by atoms with Crippen LogP contribution in [0.15, 0.2) is 53.4 Å². The minimum Gasteiger partial charge on any atom is -0.507 e. The molecule has 6 heteroatoms. The van der Waals surface area contributed by atoms with Gasteiger partial charge in [-0.25, -0.2) is 8.42 Å². The van der Waals surface area contributed by atoms with Crippen LogP contribution in [0.5, 0.6) is 11.5 Å². The highest BCUT2D eigenvalue weighted by atomic mass is 32.2. The molecule has 2 rings (SSSR count). The molecule has 0 radical (unpaired) electrons. The lowest BCUT2D eigenvalue weighted by Crippen LogP contribution is -2.13. The molecule has 0 spiro atoms. The van der Waals surface area contributed by atoms with E-state index < -0.39 is 10.0 Å². The number of benzene rings is 2. The second-order valence-electron chi connectivity index (χ2n) is 3.77. The van der Waals surface area contributed by atoms with Crippen LogP contribution in [0.4, 0.5) is 5.69 Å². The average Bonchev–Trinajstić information content (AvgIpc) is 2.39. The van der Waals surface area contributed by atoms with E-state index in [0.29, 0.717) is 11.4 Å². The Hall–Kier alpha value is -2.21. The van der Waals surface area contributed by atoms with E-state index in [2.05, 4.69) is 4.72 Å². The van der Waals surface area contributed by atoms with Gasteiger partial charge in [0.05, 0.1) is 12.8 Å². The summed E-state index contributed by atoms with van der Waals surface area (Å²) >= 11 is 0. The minimum atomic E-state index is -3.86. The number of sulfonamides is 1. The Morgan fingerprint density at radius 1 is 1.05 bits per heavy atom. The molecule has 0 saturated carbocycles. The van der Waals surface area contributed by atoms with E-state index >= 15 is 0 Å². The molecule has 2 aromatic rings. The molecule has 0 saturated heterocycles. The average molecular weight is 279 g/mol. The first-order valence-electron chi connectivity index (χ1n) is 5.48. The van der Waals surface area contributed by atoms with E-state index in [1.165, 1.54) is 25.3 Å². The van der Waals surface area contributed by atoms with Crippen molar-refractivity contribution >= 4 is 15.7 Å². The van der Waals surface area contributed by atoms with Gasteiger partial charge in [0.1, 0.15) is 16.4 Å². The monoisotopic (exact) mass is 279 g/mol. The summed E-state index contributed by atoms with van der Waals surface area (Å²) in [5, 5.41) is 9.60. The standard InChI is InChI=1S/C13H13NO4S/c1-18-12-8-4-2-6-10(12)14-19(16,17)13-9-5-3-7-11(13)15/h2-9,14-15H,1H3. The lowest BCUT2D eigenvalue weighted by atomic mass is 10.3. The molecular weight excluding hydrogens is 266 g/mol. The Balaban J connectivity index is 2.40. The van der Waals surface area contributed by atoms with E-state index in [4.69, 9.17) is 4.74 Å². The number of phenolic OH excluding ortho intramolecular Hbond substituents is 1. The summed E-state index contributed by atoms with van der Waals surface area (Å²) in [6.45, 7) is 0. The van der Waals surface area contributed by atoms with Gasteiger partial charge in [0.15, 0.2) is 0 Å². The summed E-state index contributed by atoms with van der Waals surface area (Å²) < 4.78 is 31.8. The quantitative estimate of drug-likeness (QED) is 0.899. The molecule has 5 nitrogen and oxygen atoms in total. The van der Waals surface area contributed by atoms with E-state index in [9.17, 15) is 13.5 Å². The van der Waals surface area contributed by atoms with Crippen molar-refractivity contribution < 1.29 is 18.3 Å². The fraction of sp³-hybridized carbons (Fsp3) is 0.0769. The number of aromatic hydroxyl groups is 1. The summed E-state index contributed by atoms with van der Waals surface area (Å²) in [6.07, 6.45) is 0. The molecule has 100 valence electrons. The summed E-state index contributed by atoms with van der Waals surface area (Å²) in [4.78, 5) is -0.180. The molecule has 0 aliphatic rings. The number of anilines is 1. The van der Waals surface area contributed by atoms with Crippen molar-refractivity contribution in [3.8, 4) is 11.5 Å². The maximum atomic E-state index is 12.2. The number of ether oxygens (including phenoxy) is 1. The largest absolute Gasteiger partial charge is 0.507 e. The van der Waals surface area contributed by atoms with Crippen molar-refractivity contribution in [2.24, 2.45) is 0 Å². The third kappa shape index (κ3) is 2.79. The maximum Gasteiger partial charge on any atom is 0.265 e. The van der Waals surface area contributed by atoms with Crippen LogP contribution in [0.1, 0.15) is 0 Å².